The molecule has 0 aromatic rings. The van der Waals surface area contributed by atoms with Crippen molar-refractivity contribution in [2.24, 2.45) is 11.3 Å². The zero-order valence-electron chi connectivity index (χ0n) is 8.99. The molecule has 3 nitrogen and oxygen atoms in total. The van der Waals surface area contributed by atoms with E-state index in [2.05, 4.69) is 4.90 Å². The zero-order valence-corrected chi connectivity index (χ0v) is 8.99. The molecule has 1 saturated carbocycles. The average Bonchev–Trinajstić information content (AvgIpc) is 1.89. The van der Waals surface area contributed by atoms with Crippen LogP contribution in [-0.2, 0) is 4.79 Å². The van der Waals surface area contributed by atoms with Gasteiger partial charge in [-0.2, -0.15) is 0 Å². The fourth-order valence-electron chi connectivity index (χ4n) is 2.87. The molecule has 1 N–H and O–H groups in total. The molecule has 1 saturated heterocycles. The number of rotatable bonds is 3. The molecular formula is C11H19NO2. The predicted molar refractivity (Wildman–Crippen MR) is 54.1 cm³/mol. The first-order chi connectivity index (χ1) is 6.54. The highest BCUT2D eigenvalue weighted by atomic mass is 16.4. The highest BCUT2D eigenvalue weighted by Crippen LogP contribution is 2.49. The third kappa shape index (κ3) is 1.44. The number of hydrogen-bond acceptors (Lipinski definition) is 2. The van der Waals surface area contributed by atoms with Gasteiger partial charge >= 0.3 is 5.97 Å². The standard InChI is InChI=1S/C11H19NO2/c1-8(2)9(10(13)14)12-6-11(7-12)4-3-5-11/h8-9H,3-7H2,1-2H3,(H,13,14). The summed E-state index contributed by atoms with van der Waals surface area (Å²) in [6.45, 7) is 6.01. The minimum absolute atomic E-state index is 0.213. The Balaban J connectivity index is 1.92. The molecule has 0 aromatic heterocycles. The van der Waals surface area contributed by atoms with Gasteiger partial charge in [-0.3, -0.25) is 9.69 Å². The maximum absolute atomic E-state index is 11.1. The average molecular weight is 197 g/mol. The maximum Gasteiger partial charge on any atom is 0.321 e. The molecule has 0 bridgehead atoms. The van der Waals surface area contributed by atoms with Crippen molar-refractivity contribution in [2.45, 2.75) is 39.2 Å². The molecular weight excluding hydrogens is 178 g/mol. The molecule has 1 aliphatic carbocycles. The Morgan fingerprint density at radius 1 is 1.36 bits per heavy atom. The molecule has 14 heavy (non-hydrogen) atoms. The second-order valence-electron chi connectivity index (χ2n) is 5.29. The number of likely N-dealkylation sites (tertiary alicyclic amines) is 1. The summed E-state index contributed by atoms with van der Waals surface area (Å²) in [5.74, 6) is -0.445. The van der Waals surface area contributed by atoms with Crippen LogP contribution in [0.3, 0.4) is 0 Å². The van der Waals surface area contributed by atoms with Gasteiger partial charge in [-0.25, -0.2) is 0 Å². The SMILES string of the molecule is CC(C)C(C(=O)O)N1CC2(CCC2)C1. The highest BCUT2D eigenvalue weighted by Gasteiger charge is 2.50. The number of carboxylic acid groups (broad SMARTS) is 1. The third-order valence-electron chi connectivity index (χ3n) is 3.77. The Kier molecular flexibility index (Phi) is 2.30. The molecule has 2 fully saturated rings. The van der Waals surface area contributed by atoms with Crippen molar-refractivity contribution in [3.05, 3.63) is 0 Å². The quantitative estimate of drug-likeness (QED) is 0.746. The van der Waals surface area contributed by atoms with Gasteiger partial charge in [0.25, 0.3) is 0 Å². The van der Waals surface area contributed by atoms with E-state index in [-0.39, 0.29) is 12.0 Å². The van der Waals surface area contributed by atoms with E-state index >= 15 is 0 Å². The lowest BCUT2D eigenvalue weighted by atomic mass is 9.63. The Hall–Kier alpha value is -0.570. The van der Waals surface area contributed by atoms with Gasteiger partial charge in [-0.15, -0.1) is 0 Å². The molecule has 0 radical (unpaired) electrons. The van der Waals surface area contributed by atoms with Gasteiger partial charge in [-0.05, 0) is 24.2 Å². The van der Waals surface area contributed by atoms with E-state index in [4.69, 9.17) is 5.11 Å². The topological polar surface area (TPSA) is 40.5 Å². The van der Waals surface area contributed by atoms with Crippen LogP contribution >= 0.6 is 0 Å². The normalized spacial score (nSPS) is 27.1. The first-order valence-electron chi connectivity index (χ1n) is 5.51. The Morgan fingerprint density at radius 2 is 1.93 bits per heavy atom. The minimum Gasteiger partial charge on any atom is -0.480 e. The van der Waals surface area contributed by atoms with E-state index in [1.54, 1.807) is 0 Å². The van der Waals surface area contributed by atoms with Crippen molar-refractivity contribution in [1.29, 1.82) is 0 Å². The van der Waals surface area contributed by atoms with Crippen LogP contribution in [0.5, 0.6) is 0 Å². The molecule has 1 heterocycles. The Labute approximate surface area is 85.1 Å². The van der Waals surface area contributed by atoms with Gasteiger partial charge in [0, 0.05) is 13.1 Å². The summed E-state index contributed by atoms with van der Waals surface area (Å²) < 4.78 is 0. The van der Waals surface area contributed by atoms with Gasteiger partial charge in [-0.1, -0.05) is 20.3 Å². The first kappa shape index (κ1) is 9.97. The summed E-state index contributed by atoms with van der Waals surface area (Å²) in [4.78, 5) is 13.2. The van der Waals surface area contributed by atoms with Crippen LogP contribution < -0.4 is 0 Å². The third-order valence-corrected chi connectivity index (χ3v) is 3.77. The van der Waals surface area contributed by atoms with Crippen molar-refractivity contribution in [3.8, 4) is 0 Å². The molecule has 80 valence electrons. The van der Waals surface area contributed by atoms with Crippen LogP contribution in [0, 0.1) is 11.3 Å². The molecule has 0 amide bonds. The lowest BCUT2D eigenvalue weighted by Gasteiger charge is -2.58. The Bertz CT molecular complexity index is 238. The van der Waals surface area contributed by atoms with Gasteiger partial charge < -0.3 is 5.11 Å². The molecule has 3 heteroatoms. The van der Waals surface area contributed by atoms with E-state index in [1.807, 2.05) is 13.8 Å². The lowest BCUT2D eigenvalue weighted by molar-refractivity contribution is -0.157. The maximum atomic E-state index is 11.1. The molecule has 0 aromatic carbocycles. The zero-order chi connectivity index (χ0) is 10.3. The second-order valence-corrected chi connectivity index (χ2v) is 5.29. The molecule has 2 aliphatic rings. The number of nitrogens with zero attached hydrogens (tertiary/aromatic N) is 1. The fourth-order valence-corrected chi connectivity index (χ4v) is 2.87. The number of carbonyl (C=O) groups is 1. The van der Waals surface area contributed by atoms with Crippen molar-refractivity contribution in [1.82, 2.24) is 4.90 Å². The highest BCUT2D eigenvalue weighted by molar-refractivity contribution is 5.74. The minimum atomic E-state index is -0.658. The van der Waals surface area contributed by atoms with Gasteiger partial charge in [0.05, 0.1) is 0 Å². The number of aliphatic carboxylic acids is 1. The first-order valence-corrected chi connectivity index (χ1v) is 5.51. The second kappa shape index (κ2) is 3.23. The predicted octanol–water partition coefficient (Wildman–Crippen LogP) is 1.58. The van der Waals surface area contributed by atoms with Gasteiger partial charge in [0.1, 0.15) is 6.04 Å². The summed E-state index contributed by atoms with van der Waals surface area (Å²) in [5, 5.41) is 9.10. The van der Waals surface area contributed by atoms with Gasteiger partial charge in [0.2, 0.25) is 0 Å². The lowest BCUT2D eigenvalue weighted by Crippen LogP contribution is -2.65. The van der Waals surface area contributed by atoms with E-state index in [0.29, 0.717) is 5.41 Å². The molecule has 1 atom stereocenters. The van der Waals surface area contributed by atoms with Crippen LogP contribution in [0.25, 0.3) is 0 Å². The smallest absolute Gasteiger partial charge is 0.321 e. The van der Waals surface area contributed by atoms with Crippen molar-refractivity contribution >= 4 is 5.97 Å². The van der Waals surface area contributed by atoms with Crippen molar-refractivity contribution in [2.75, 3.05) is 13.1 Å². The van der Waals surface area contributed by atoms with E-state index < -0.39 is 5.97 Å². The summed E-state index contributed by atoms with van der Waals surface area (Å²) in [7, 11) is 0. The molecule has 1 aliphatic heterocycles. The number of hydrogen-bond donors (Lipinski definition) is 1. The number of carboxylic acids is 1. The summed E-state index contributed by atoms with van der Waals surface area (Å²) in [6.07, 6.45) is 3.97. The van der Waals surface area contributed by atoms with E-state index in [0.717, 1.165) is 13.1 Å². The monoisotopic (exact) mass is 197 g/mol. The molecule has 2 rings (SSSR count). The Morgan fingerprint density at radius 3 is 2.21 bits per heavy atom. The molecule has 1 spiro atoms. The van der Waals surface area contributed by atoms with E-state index in [1.165, 1.54) is 19.3 Å². The van der Waals surface area contributed by atoms with Crippen LogP contribution in [0.15, 0.2) is 0 Å². The van der Waals surface area contributed by atoms with Crippen LogP contribution in [0.1, 0.15) is 33.1 Å². The van der Waals surface area contributed by atoms with Gasteiger partial charge in [0.15, 0.2) is 0 Å². The van der Waals surface area contributed by atoms with Crippen molar-refractivity contribution in [3.63, 3.8) is 0 Å². The molecule has 1 unspecified atom stereocenters. The van der Waals surface area contributed by atoms with Crippen LogP contribution in [-0.4, -0.2) is 35.1 Å². The fraction of sp³-hybridized carbons (Fsp3) is 0.909. The van der Waals surface area contributed by atoms with E-state index in [9.17, 15) is 4.79 Å². The van der Waals surface area contributed by atoms with Crippen LogP contribution in [0.2, 0.25) is 0 Å². The largest absolute Gasteiger partial charge is 0.480 e. The summed E-state index contributed by atoms with van der Waals surface area (Å²) in [5.41, 5.74) is 0.530. The van der Waals surface area contributed by atoms with Crippen LogP contribution in [0.4, 0.5) is 0 Å². The summed E-state index contributed by atoms with van der Waals surface area (Å²) in [6, 6.07) is -0.263. The summed E-state index contributed by atoms with van der Waals surface area (Å²) >= 11 is 0. The van der Waals surface area contributed by atoms with Crippen molar-refractivity contribution < 1.29 is 9.90 Å².